The van der Waals surface area contributed by atoms with Gasteiger partial charge >= 0.3 is 6.18 Å². The Labute approximate surface area is 138 Å². The molecule has 0 saturated heterocycles. The second kappa shape index (κ2) is 6.52. The van der Waals surface area contributed by atoms with E-state index in [2.05, 4.69) is 20.3 Å². The highest BCUT2D eigenvalue weighted by Gasteiger charge is 2.33. The number of aromatic amines is 1. The Morgan fingerprint density at radius 1 is 1.21 bits per heavy atom. The Morgan fingerprint density at radius 2 is 2.00 bits per heavy atom. The highest BCUT2D eigenvalue weighted by atomic mass is 32.2. The van der Waals surface area contributed by atoms with Gasteiger partial charge in [0.1, 0.15) is 0 Å². The Kier molecular flexibility index (Phi) is 4.43. The second-order valence-electron chi connectivity index (χ2n) is 4.80. The summed E-state index contributed by atoms with van der Waals surface area (Å²) in [5.74, 6) is -0.628. The Morgan fingerprint density at radius 3 is 2.75 bits per heavy atom. The summed E-state index contributed by atoms with van der Waals surface area (Å²) in [7, 11) is 0. The van der Waals surface area contributed by atoms with Crippen LogP contribution in [0.5, 0.6) is 0 Å². The van der Waals surface area contributed by atoms with Crippen molar-refractivity contribution >= 4 is 34.5 Å². The number of anilines is 1. The molecule has 0 aliphatic rings. The van der Waals surface area contributed by atoms with Gasteiger partial charge in [0, 0.05) is 6.20 Å². The van der Waals surface area contributed by atoms with Crippen LogP contribution in [-0.4, -0.2) is 26.6 Å². The van der Waals surface area contributed by atoms with Crippen LogP contribution in [0.2, 0.25) is 0 Å². The first-order chi connectivity index (χ1) is 11.4. The maximum atomic E-state index is 12.9. The van der Waals surface area contributed by atoms with Gasteiger partial charge < -0.3 is 10.3 Å². The first-order valence-corrected chi connectivity index (χ1v) is 7.81. The minimum absolute atomic E-state index is 0.0774. The average Bonchev–Trinajstić information content (AvgIpc) is 2.95. The number of alkyl halides is 3. The van der Waals surface area contributed by atoms with Gasteiger partial charge in [0.2, 0.25) is 5.91 Å². The molecule has 0 aliphatic carbocycles. The molecular weight excluding hydrogens is 341 g/mol. The number of carbonyl (C=O) groups excluding carboxylic acids is 1. The number of amides is 1. The van der Waals surface area contributed by atoms with E-state index < -0.39 is 17.6 Å². The molecule has 5 nitrogen and oxygen atoms in total. The minimum atomic E-state index is -4.53. The topological polar surface area (TPSA) is 70.7 Å². The van der Waals surface area contributed by atoms with Crippen molar-refractivity contribution in [3.63, 3.8) is 0 Å². The zero-order valence-electron chi connectivity index (χ0n) is 12.1. The van der Waals surface area contributed by atoms with E-state index in [1.54, 1.807) is 18.3 Å². The van der Waals surface area contributed by atoms with Gasteiger partial charge in [-0.3, -0.25) is 4.79 Å². The third-order valence-electron chi connectivity index (χ3n) is 3.08. The first-order valence-electron chi connectivity index (χ1n) is 6.83. The lowest BCUT2D eigenvalue weighted by Gasteiger charge is -2.13. The number of thioether (sulfide) groups is 1. The monoisotopic (exact) mass is 352 g/mol. The molecule has 1 aromatic carbocycles. The fourth-order valence-corrected chi connectivity index (χ4v) is 2.72. The molecule has 2 aromatic heterocycles. The van der Waals surface area contributed by atoms with Crippen LogP contribution < -0.4 is 5.32 Å². The van der Waals surface area contributed by atoms with Crippen LogP contribution in [-0.2, 0) is 11.0 Å². The van der Waals surface area contributed by atoms with Crippen LogP contribution in [0, 0.1) is 0 Å². The molecule has 9 heteroatoms. The van der Waals surface area contributed by atoms with Crippen LogP contribution in [0.15, 0.2) is 47.8 Å². The van der Waals surface area contributed by atoms with E-state index in [4.69, 9.17) is 0 Å². The predicted octanol–water partition coefficient (Wildman–Crippen LogP) is 3.71. The quantitative estimate of drug-likeness (QED) is 0.702. The molecule has 0 unspecified atom stereocenters. The summed E-state index contributed by atoms with van der Waals surface area (Å²) in [6.07, 6.45) is -2.93. The van der Waals surface area contributed by atoms with E-state index in [0.717, 1.165) is 23.3 Å². The number of hydrogen-bond acceptors (Lipinski definition) is 4. The summed E-state index contributed by atoms with van der Waals surface area (Å²) < 4.78 is 38.7. The van der Waals surface area contributed by atoms with Gasteiger partial charge in [0.25, 0.3) is 0 Å². The fourth-order valence-electron chi connectivity index (χ4n) is 2.05. The number of aromatic nitrogens is 3. The standard InChI is InChI=1S/C15H11F3N4OS/c16-15(17,18)9-4-1-2-5-10(9)20-12(23)8-24-14-21-11-6-3-7-19-13(11)22-14/h1-7H,8H2,(H,20,23)(H,19,21,22). The third kappa shape index (κ3) is 3.67. The number of imidazole rings is 1. The van der Waals surface area contributed by atoms with E-state index in [-0.39, 0.29) is 11.4 Å². The predicted molar refractivity (Wildman–Crippen MR) is 84.7 cm³/mol. The minimum Gasteiger partial charge on any atom is -0.332 e. The number of halogens is 3. The number of pyridine rings is 1. The normalized spacial score (nSPS) is 11.6. The lowest BCUT2D eigenvalue weighted by molar-refractivity contribution is -0.137. The maximum Gasteiger partial charge on any atom is 0.418 e. The smallest absolute Gasteiger partial charge is 0.332 e. The SMILES string of the molecule is O=C(CSc1nc2ncccc2[nH]1)Nc1ccccc1C(F)(F)F. The molecule has 2 heterocycles. The number of hydrogen-bond donors (Lipinski definition) is 2. The second-order valence-corrected chi connectivity index (χ2v) is 5.76. The molecular formula is C15H11F3N4OS. The van der Waals surface area contributed by atoms with Crippen molar-refractivity contribution in [2.45, 2.75) is 11.3 Å². The van der Waals surface area contributed by atoms with Crippen LogP contribution in [0.25, 0.3) is 11.2 Å². The van der Waals surface area contributed by atoms with Gasteiger partial charge in [0.15, 0.2) is 10.8 Å². The van der Waals surface area contributed by atoms with Crippen LogP contribution in [0.1, 0.15) is 5.56 Å². The molecule has 2 N–H and O–H groups in total. The van der Waals surface area contributed by atoms with Gasteiger partial charge in [-0.15, -0.1) is 0 Å². The molecule has 3 rings (SSSR count). The summed E-state index contributed by atoms with van der Waals surface area (Å²) in [6, 6.07) is 8.39. The zero-order valence-corrected chi connectivity index (χ0v) is 12.9. The molecule has 0 saturated carbocycles. The molecule has 0 atom stereocenters. The molecule has 124 valence electrons. The average molecular weight is 352 g/mol. The molecule has 0 aliphatic heterocycles. The van der Waals surface area contributed by atoms with Crippen LogP contribution in [0.4, 0.5) is 18.9 Å². The van der Waals surface area contributed by atoms with Gasteiger partial charge in [0.05, 0.1) is 22.5 Å². The molecule has 0 bridgehead atoms. The summed E-state index contributed by atoms with van der Waals surface area (Å²) in [4.78, 5) is 23.1. The van der Waals surface area contributed by atoms with Crippen molar-refractivity contribution < 1.29 is 18.0 Å². The Balaban J connectivity index is 1.66. The molecule has 0 fully saturated rings. The van der Waals surface area contributed by atoms with Gasteiger partial charge in [-0.1, -0.05) is 23.9 Å². The molecule has 1 amide bonds. The Bertz CT molecular complexity index is 845. The van der Waals surface area contributed by atoms with Crippen molar-refractivity contribution in [2.24, 2.45) is 0 Å². The van der Waals surface area contributed by atoms with E-state index in [1.165, 1.54) is 18.2 Å². The lowest BCUT2D eigenvalue weighted by Crippen LogP contribution is -2.18. The number of benzene rings is 1. The number of nitrogens with zero attached hydrogens (tertiary/aromatic N) is 2. The Hall–Kier alpha value is -2.55. The van der Waals surface area contributed by atoms with Crippen molar-refractivity contribution in [3.05, 3.63) is 48.2 Å². The van der Waals surface area contributed by atoms with E-state index in [9.17, 15) is 18.0 Å². The lowest BCUT2D eigenvalue weighted by atomic mass is 10.1. The van der Waals surface area contributed by atoms with Gasteiger partial charge in [-0.25, -0.2) is 9.97 Å². The van der Waals surface area contributed by atoms with E-state index in [1.807, 2.05) is 0 Å². The number of carbonyl (C=O) groups is 1. The van der Waals surface area contributed by atoms with Crippen molar-refractivity contribution in [1.29, 1.82) is 0 Å². The zero-order chi connectivity index (χ0) is 17.2. The summed E-state index contributed by atoms with van der Waals surface area (Å²) in [5, 5.41) is 2.76. The highest BCUT2D eigenvalue weighted by Crippen LogP contribution is 2.34. The van der Waals surface area contributed by atoms with E-state index >= 15 is 0 Å². The van der Waals surface area contributed by atoms with Crippen molar-refractivity contribution in [1.82, 2.24) is 15.0 Å². The maximum absolute atomic E-state index is 12.9. The number of nitrogens with one attached hydrogen (secondary N) is 2. The van der Waals surface area contributed by atoms with Crippen molar-refractivity contribution in [2.75, 3.05) is 11.1 Å². The fraction of sp³-hybridized carbons (Fsp3) is 0.133. The molecule has 24 heavy (non-hydrogen) atoms. The van der Waals surface area contributed by atoms with Crippen LogP contribution in [0.3, 0.4) is 0 Å². The third-order valence-corrected chi connectivity index (χ3v) is 3.96. The van der Waals surface area contributed by atoms with E-state index in [0.29, 0.717) is 10.8 Å². The van der Waals surface area contributed by atoms with Gasteiger partial charge in [-0.05, 0) is 24.3 Å². The summed E-state index contributed by atoms with van der Waals surface area (Å²) >= 11 is 1.09. The number of rotatable bonds is 4. The van der Waals surface area contributed by atoms with Crippen LogP contribution >= 0.6 is 11.8 Å². The summed E-state index contributed by atoms with van der Waals surface area (Å²) in [6.45, 7) is 0. The molecule has 3 aromatic rings. The van der Waals surface area contributed by atoms with Crippen molar-refractivity contribution in [3.8, 4) is 0 Å². The number of para-hydroxylation sites is 1. The molecule has 0 spiro atoms. The molecule has 0 radical (unpaired) electrons. The highest BCUT2D eigenvalue weighted by molar-refractivity contribution is 7.99. The number of H-pyrrole nitrogens is 1. The largest absolute Gasteiger partial charge is 0.418 e. The van der Waals surface area contributed by atoms with Gasteiger partial charge in [-0.2, -0.15) is 13.2 Å². The first kappa shape index (κ1) is 16.3. The summed E-state index contributed by atoms with van der Waals surface area (Å²) in [5.41, 5.74) is 0.101. The number of fused-ring (bicyclic) bond motifs is 1.